The number of hydrogen-bond donors (Lipinski definition) is 1. The predicted molar refractivity (Wildman–Crippen MR) is 74.5 cm³/mol. The Kier molecular flexibility index (Phi) is 4.18. The normalized spacial score (nSPS) is 11.7. The standard InChI is InChI=1S/C15H15F3N2O/c1-10-7-14(21)11(8-19-2)9-20(10)13-5-3-12(4-6-13)15(16,17)18/h3-7,9,19H,8H2,1-2H3. The molecule has 6 heteroatoms. The number of nitrogens with one attached hydrogen (secondary N) is 1. The fourth-order valence-corrected chi connectivity index (χ4v) is 2.09. The van der Waals surface area contributed by atoms with Crippen LogP contribution in [0.25, 0.3) is 5.69 Å². The molecule has 0 radical (unpaired) electrons. The molecule has 1 aromatic heterocycles. The zero-order valence-corrected chi connectivity index (χ0v) is 11.7. The van der Waals surface area contributed by atoms with Crippen LogP contribution in [0.15, 0.2) is 41.3 Å². The van der Waals surface area contributed by atoms with Gasteiger partial charge in [-0.2, -0.15) is 13.2 Å². The minimum Gasteiger partial charge on any atom is -0.321 e. The lowest BCUT2D eigenvalue weighted by molar-refractivity contribution is -0.137. The Morgan fingerprint density at radius 3 is 2.33 bits per heavy atom. The molecule has 3 nitrogen and oxygen atoms in total. The van der Waals surface area contributed by atoms with Gasteiger partial charge in [0.2, 0.25) is 0 Å². The molecule has 0 unspecified atom stereocenters. The summed E-state index contributed by atoms with van der Waals surface area (Å²) in [4.78, 5) is 11.8. The molecule has 0 saturated carbocycles. The number of benzene rings is 1. The summed E-state index contributed by atoms with van der Waals surface area (Å²) in [6, 6.07) is 6.33. The van der Waals surface area contributed by atoms with Crippen molar-refractivity contribution in [3.8, 4) is 5.69 Å². The topological polar surface area (TPSA) is 34.0 Å². The second-order valence-electron chi connectivity index (χ2n) is 4.75. The number of hydrogen-bond acceptors (Lipinski definition) is 2. The van der Waals surface area contributed by atoms with Crippen molar-refractivity contribution in [3.05, 3.63) is 63.6 Å². The summed E-state index contributed by atoms with van der Waals surface area (Å²) in [5.74, 6) is 0. The summed E-state index contributed by atoms with van der Waals surface area (Å²) in [6.45, 7) is 2.14. The van der Waals surface area contributed by atoms with E-state index in [2.05, 4.69) is 5.32 Å². The number of pyridine rings is 1. The van der Waals surface area contributed by atoms with Gasteiger partial charge in [-0.05, 0) is 38.2 Å². The molecule has 0 spiro atoms. The van der Waals surface area contributed by atoms with Gasteiger partial charge >= 0.3 is 6.18 Å². The number of rotatable bonds is 3. The molecular weight excluding hydrogens is 281 g/mol. The molecule has 1 heterocycles. The second kappa shape index (κ2) is 5.73. The van der Waals surface area contributed by atoms with E-state index in [9.17, 15) is 18.0 Å². The molecule has 0 aliphatic heterocycles. The van der Waals surface area contributed by atoms with Gasteiger partial charge in [-0.15, -0.1) is 0 Å². The maximum atomic E-state index is 12.6. The fraction of sp³-hybridized carbons (Fsp3) is 0.267. The Morgan fingerprint density at radius 1 is 1.19 bits per heavy atom. The minimum atomic E-state index is -4.35. The van der Waals surface area contributed by atoms with Crippen molar-refractivity contribution in [1.29, 1.82) is 0 Å². The number of nitrogens with zero attached hydrogens (tertiary/aromatic N) is 1. The summed E-state index contributed by atoms with van der Waals surface area (Å²) in [6.07, 6.45) is -2.70. The molecule has 0 aliphatic carbocycles. The van der Waals surface area contributed by atoms with Crippen molar-refractivity contribution < 1.29 is 13.2 Å². The van der Waals surface area contributed by atoms with Crippen LogP contribution < -0.4 is 10.7 Å². The van der Waals surface area contributed by atoms with Crippen LogP contribution >= 0.6 is 0 Å². The Balaban J connectivity index is 2.46. The van der Waals surface area contributed by atoms with E-state index >= 15 is 0 Å². The van der Waals surface area contributed by atoms with Gasteiger partial charge in [0.25, 0.3) is 0 Å². The van der Waals surface area contributed by atoms with E-state index < -0.39 is 11.7 Å². The summed E-state index contributed by atoms with van der Waals surface area (Å²) < 4.78 is 39.4. The predicted octanol–water partition coefficient (Wildman–Crippen LogP) is 2.88. The van der Waals surface area contributed by atoms with Crippen LogP contribution in [0.3, 0.4) is 0 Å². The highest BCUT2D eigenvalue weighted by molar-refractivity contribution is 5.38. The van der Waals surface area contributed by atoms with Crippen molar-refractivity contribution in [3.63, 3.8) is 0 Å². The molecule has 21 heavy (non-hydrogen) atoms. The third-order valence-corrected chi connectivity index (χ3v) is 3.16. The van der Waals surface area contributed by atoms with E-state index in [4.69, 9.17) is 0 Å². The van der Waals surface area contributed by atoms with Crippen molar-refractivity contribution in [2.75, 3.05) is 7.05 Å². The van der Waals surface area contributed by atoms with Crippen LogP contribution in [-0.4, -0.2) is 11.6 Å². The molecule has 0 atom stereocenters. The van der Waals surface area contributed by atoms with Gasteiger partial charge in [-0.3, -0.25) is 4.79 Å². The Bertz CT molecular complexity index is 688. The largest absolute Gasteiger partial charge is 0.416 e. The number of alkyl halides is 3. The minimum absolute atomic E-state index is 0.0926. The number of aryl methyl sites for hydroxylation is 1. The van der Waals surface area contributed by atoms with E-state index in [1.165, 1.54) is 18.2 Å². The first-order valence-electron chi connectivity index (χ1n) is 6.37. The molecule has 1 N–H and O–H groups in total. The SMILES string of the molecule is CNCc1cn(-c2ccc(C(F)(F)F)cc2)c(C)cc1=O. The summed E-state index contributed by atoms with van der Waals surface area (Å²) in [5.41, 5.74) is 1.02. The molecule has 0 aliphatic rings. The van der Waals surface area contributed by atoms with Crippen molar-refractivity contribution in [2.45, 2.75) is 19.6 Å². The van der Waals surface area contributed by atoms with Crippen LogP contribution in [-0.2, 0) is 12.7 Å². The summed E-state index contributed by atoms with van der Waals surface area (Å²) >= 11 is 0. The third kappa shape index (κ3) is 3.33. The lowest BCUT2D eigenvalue weighted by atomic mass is 10.1. The highest BCUT2D eigenvalue weighted by Gasteiger charge is 2.30. The van der Waals surface area contributed by atoms with Gasteiger partial charge < -0.3 is 9.88 Å². The zero-order chi connectivity index (χ0) is 15.6. The van der Waals surface area contributed by atoms with Gasteiger partial charge in [0, 0.05) is 35.8 Å². The quantitative estimate of drug-likeness (QED) is 0.945. The summed E-state index contributed by atoms with van der Waals surface area (Å²) in [7, 11) is 1.72. The number of halogens is 3. The van der Waals surface area contributed by atoms with Gasteiger partial charge in [0.05, 0.1) is 5.56 Å². The van der Waals surface area contributed by atoms with E-state index in [0.29, 0.717) is 23.5 Å². The van der Waals surface area contributed by atoms with Gasteiger partial charge in [-0.25, -0.2) is 0 Å². The van der Waals surface area contributed by atoms with Crippen molar-refractivity contribution in [1.82, 2.24) is 9.88 Å². The number of aromatic nitrogens is 1. The lowest BCUT2D eigenvalue weighted by Gasteiger charge is -2.14. The molecule has 0 bridgehead atoms. The maximum absolute atomic E-state index is 12.6. The summed E-state index contributed by atoms with van der Waals surface area (Å²) in [5, 5.41) is 2.89. The van der Waals surface area contributed by atoms with Gasteiger partial charge in [0.15, 0.2) is 5.43 Å². The van der Waals surface area contributed by atoms with E-state index in [1.54, 1.807) is 24.7 Å². The first kappa shape index (κ1) is 15.3. The Morgan fingerprint density at radius 2 is 1.81 bits per heavy atom. The highest BCUT2D eigenvalue weighted by atomic mass is 19.4. The molecule has 2 rings (SSSR count). The monoisotopic (exact) mass is 296 g/mol. The molecule has 2 aromatic rings. The van der Waals surface area contributed by atoms with Crippen molar-refractivity contribution >= 4 is 0 Å². The van der Waals surface area contributed by atoms with Gasteiger partial charge in [-0.1, -0.05) is 0 Å². The van der Waals surface area contributed by atoms with Crippen molar-refractivity contribution in [2.24, 2.45) is 0 Å². The van der Waals surface area contributed by atoms with Crippen LogP contribution in [0.5, 0.6) is 0 Å². The molecular formula is C15H15F3N2O. The first-order valence-corrected chi connectivity index (χ1v) is 6.37. The van der Waals surface area contributed by atoms with E-state index in [-0.39, 0.29) is 5.43 Å². The van der Waals surface area contributed by atoms with Gasteiger partial charge in [0.1, 0.15) is 0 Å². The van der Waals surface area contributed by atoms with Crippen LogP contribution in [0, 0.1) is 6.92 Å². The van der Waals surface area contributed by atoms with Crippen LogP contribution in [0.2, 0.25) is 0 Å². The molecule has 0 saturated heterocycles. The van der Waals surface area contributed by atoms with E-state index in [1.807, 2.05) is 0 Å². The van der Waals surface area contributed by atoms with Crippen LogP contribution in [0.4, 0.5) is 13.2 Å². The van der Waals surface area contributed by atoms with Crippen LogP contribution in [0.1, 0.15) is 16.8 Å². The molecule has 112 valence electrons. The highest BCUT2D eigenvalue weighted by Crippen LogP contribution is 2.29. The third-order valence-electron chi connectivity index (χ3n) is 3.16. The Labute approximate surface area is 120 Å². The van der Waals surface area contributed by atoms with E-state index in [0.717, 1.165) is 12.1 Å². The zero-order valence-electron chi connectivity index (χ0n) is 11.7. The average Bonchev–Trinajstić information content (AvgIpc) is 2.41. The molecule has 0 fully saturated rings. The first-order chi connectivity index (χ1) is 9.82. The lowest BCUT2D eigenvalue weighted by Crippen LogP contribution is -2.19. The average molecular weight is 296 g/mol. The maximum Gasteiger partial charge on any atom is 0.416 e. The molecule has 1 aromatic carbocycles. The fourth-order valence-electron chi connectivity index (χ4n) is 2.09. The molecule has 0 amide bonds. The smallest absolute Gasteiger partial charge is 0.321 e. The second-order valence-corrected chi connectivity index (χ2v) is 4.75. The Hall–Kier alpha value is -2.08.